The van der Waals surface area contributed by atoms with E-state index in [2.05, 4.69) is 77.2 Å². The summed E-state index contributed by atoms with van der Waals surface area (Å²) in [7, 11) is 0. The normalized spacial score (nSPS) is 21.4. The van der Waals surface area contributed by atoms with Gasteiger partial charge in [0.1, 0.15) is 0 Å². The van der Waals surface area contributed by atoms with Crippen LogP contribution in [0.3, 0.4) is 0 Å². The lowest BCUT2D eigenvalue weighted by Crippen LogP contribution is -2.51. The van der Waals surface area contributed by atoms with Crippen molar-refractivity contribution in [3.63, 3.8) is 0 Å². The number of carbonyl (C=O) groups is 3. The lowest BCUT2D eigenvalue weighted by Gasteiger charge is -2.40. The van der Waals surface area contributed by atoms with Crippen LogP contribution in [0.5, 0.6) is 0 Å². The molecular weight excluding hydrogens is 649 g/mol. The van der Waals surface area contributed by atoms with Crippen LogP contribution in [0.4, 0.5) is 28.4 Å². The molecule has 0 saturated carbocycles. The van der Waals surface area contributed by atoms with Crippen LogP contribution in [-0.4, -0.2) is 47.8 Å². The number of nitrogens with zero attached hydrogens (tertiary/aromatic N) is 3. The molecule has 4 aromatic rings. The SMILES string of the molecule is CCC(=O)N1c2ccccc2[C@H](Nc2ccc(CN3CC(C(=O)Nc4ccc(N[C@@H]5C[C@H](C)N(C(=O)CC)c6ccccc65)cc4)C3)cc2)C[C@@H]1C. The molecule has 270 valence electrons. The summed E-state index contributed by atoms with van der Waals surface area (Å²) in [4.78, 5) is 44.7. The Kier molecular flexibility index (Phi) is 10.3. The molecule has 9 nitrogen and oxygen atoms in total. The van der Waals surface area contributed by atoms with E-state index in [-0.39, 0.29) is 47.8 Å². The fraction of sp³-hybridized carbons (Fsp3) is 0.372. The third-order valence-corrected chi connectivity index (χ3v) is 10.8. The molecule has 1 saturated heterocycles. The zero-order chi connectivity index (χ0) is 36.4. The third kappa shape index (κ3) is 7.28. The van der Waals surface area contributed by atoms with Gasteiger partial charge in [0, 0.05) is 73.0 Å². The van der Waals surface area contributed by atoms with E-state index < -0.39 is 0 Å². The molecule has 0 unspecified atom stereocenters. The third-order valence-electron chi connectivity index (χ3n) is 10.8. The number of carbonyl (C=O) groups excluding carboxylic acids is 3. The van der Waals surface area contributed by atoms with Crippen molar-refractivity contribution in [2.45, 2.75) is 84.1 Å². The first kappa shape index (κ1) is 35.3. The van der Waals surface area contributed by atoms with Gasteiger partial charge in [-0.05, 0) is 91.9 Å². The number of fused-ring (bicyclic) bond motifs is 2. The maximum absolute atomic E-state index is 13.1. The van der Waals surface area contributed by atoms with Crippen LogP contribution in [0.1, 0.15) is 82.2 Å². The minimum Gasteiger partial charge on any atom is -0.378 e. The van der Waals surface area contributed by atoms with Crippen LogP contribution >= 0.6 is 0 Å². The first-order chi connectivity index (χ1) is 25.2. The van der Waals surface area contributed by atoms with Gasteiger partial charge in [0.2, 0.25) is 17.7 Å². The smallest absolute Gasteiger partial charge is 0.230 e. The number of hydrogen-bond acceptors (Lipinski definition) is 6. The molecule has 0 aromatic heterocycles. The fourth-order valence-corrected chi connectivity index (χ4v) is 8.13. The Labute approximate surface area is 307 Å². The van der Waals surface area contributed by atoms with Gasteiger partial charge < -0.3 is 25.8 Å². The Hall–Kier alpha value is -5.15. The van der Waals surface area contributed by atoms with Crippen molar-refractivity contribution in [3.8, 4) is 0 Å². The van der Waals surface area contributed by atoms with Crippen molar-refractivity contribution in [2.24, 2.45) is 5.92 Å². The van der Waals surface area contributed by atoms with Crippen molar-refractivity contribution >= 4 is 46.2 Å². The van der Waals surface area contributed by atoms with Gasteiger partial charge >= 0.3 is 0 Å². The highest BCUT2D eigenvalue weighted by atomic mass is 16.2. The Morgan fingerprint density at radius 3 is 1.54 bits per heavy atom. The summed E-state index contributed by atoms with van der Waals surface area (Å²) in [5.74, 6) is 0.313. The zero-order valence-corrected chi connectivity index (χ0v) is 30.6. The molecule has 0 spiro atoms. The van der Waals surface area contributed by atoms with E-state index in [4.69, 9.17) is 0 Å². The number of para-hydroxylation sites is 2. The topological polar surface area (TPSA) is 97.0 Å². The fourth-order valence-electron chi connectivity index (χ4n) is 8.13. The van der Waals surface area contributed by atoms with E-state index in [0.717, 1.165) is 72.0 Å². The van der Waals surface area contributed by atoms with Crippen molar-refractivity contribution in [1.82, 2.24) is 4.90 Å². The summed E-state index contributed by atoms with van der Waals surface area (Å²) in [5, 5.41) is 10.5. The lowest BCUT2D eigenvalue weighted by atomic mass is 9.91. The van der Waals surface area contributed by atoms with Gasteiger partial charge in [-0.25, -0.2) is 0 Å². The quantitative estimate of drug-likeness (QED) is 0.155. The average Bonchev–Trinajstić information content (AvgIpc) is 3.14. The highest BCUT2D eigenvalue weighted by Gasteiger charge is 2.35. The van der Waals surface area contributed by atoms with Crippen molar-refractivity contribution in [3.05, 3.63) is 114 Å². The van der Waals surface area contributed by atoms with Crippen molar-refractivity contribution in [1.29, 1.82) is 0 Å². The van der Waals surface area contributed by atoms with Crippen molar-refractivity contribution < 1.29 is 14.4 Å². The summed E-state index contributed by atoms with van der Waals surface area (Å²) in [6.07, 6.45) is 2.64. The minimum absolute atomic E-state index is 0.0414. The van der Waals surface area contributed by atoms with Crippen LogP contribution in [0.2, 0.25) is 0 Å². The molecular formula is C43H50N6O3. The van der Waals surface area contributed by atoms with Crippen LogP contribution in [0.15, 0.2) is 97.1 Å². The monoisotopic (exact) mass is 698 g/mol. The number of hydrogen-bond donors (Lipinski definition) is 3. The largest absolute Gasteiger partial charge is 0.378 e. The Bertz CT molecular complexity index is 1900. The van der Waals surface area contributed by atoms with Gasteiger partial charge in [0.25, 0.3) is 0 Å². The van der Waals surface area contributed by atoms with E-state index in [9.17, 15) is 14.4 Å². The zero-order valence-electron chi connectivity index (χ0n) is 30.6. The van der Waals surface area contributed by atoms with Gasteiger partial charge in [0.15, 0.2) is 0 Å². The molecule has 0 radical (unpaired) electrons. The van der Waals surface area contributed by atoms with Crippen LogP contribution in [-0.2, 0) is 20.9 Å². The van der Waals surface area contributed by atoms with Crippen LogP contribution < -0.4 is 25.8 Å². The molecule has 3 aliphatic heterocycles. The van der Waals surface area contributed by atoms with Gasteiger partial charge in [-0.1, -0.05) is 62.4 Å². The second-order valence-electron chi connectivity index (χ2n) is 14.6. The van der Waals surface area contributed by atoms with Crippen LogP contribution in [0.25, 0.3) is 0 Å². The average molecular weight is 699 g/mol. The molecule has 7 rings (SSSR count). The molecule has 4 aromatic carbocycles. The van der Waals surface area contributed by atoms with Gasteiger partial charge in [-0.2, -0.15) is 0 Å². The molecule has 3 amide bonds. The van der Waals surface area contributed by atoms with Gasteiger partial charge in [0.05, 0.1) is 18.0 Å². The predicted molar refractivity (Wildman–Crippen MR) is 210 cm³/mol. The van der Waals surface area contributed by atoms with Crippen LogP contribution in [0, 0.1) is 5.92 Å². The number of amides is 3. The van der Waals surface area contributed by atoms with E-state index in [1.165, 1.54) is 5.56 Å². The van der Waals surface area contributed by atoms with Gasteiger partial charge in [-0.3, -0.25) is 19.3 Å². The Balaban J connectivity index is 0.886. The Morgan fingerprint density at radius 2 is 1.06 bits per heavy atom. The molecule has 3 N–H and O–H groups in total. The second-order valence-corrected chi connectivity index (χ2v) is 14.6. The van der Waals surface area contributed by atoms with E-state index in [1.54, 1.807) is 0 Å². The van der Waals surface area contributed by atoms with E-state index in [1.807, 2.05) is 78.2 Å². The Morgan fingerprint density at radius 1 is 0.615 bits per heavy atom. The lowest BCUT2D eigenvalue weighted by molar-refractivity contribution is -0.125. The second kappa shape index (κ2) is 15.2. The molecule has 1 fully saturated rings. The summed E-state index contributed by atoms with van der Waals surface area (Å²) in [6, 6.07) is 33.3. The molecule has 9 heteroatoms. The number of likely N-dealkylation sites (tertiary alicyclic amines) is 1. The summed E-state index contributed by atoms with van der Waals surface area (Å²) in [5.41, 5.74) is 8.30. The molecule has 0 bridgehead atoms. The first-order valence-corrected chi connectivity index (χ1v) is 18.8. The van der Waals surface area contributed by atoms with Crippen molar-refractivity contribution in [2.75, 3.05) is 38.8 Å². The molecule has 3 heterocycles. The highest BCUT2D eigenvalue weighted by Crippen LogP contribution is 2.40. The molecule has 0 aliphatic carbocycles. The first-order valence-electron chi connectivity index (χ1n) is 18.8. The highest BCUT2D eigenvalue weighted by molar-refractivity contribution is 5.96. The van der Waals surface area contributed by atoms with Gasteiger partial charge in [-0.15, -0.1) is 0 Å². The molecule has 3 aliphatic rings. The molecule has 4 atom stereocenters. The number of nitrogens with one attached hydrogen (secondary N) is 3. The number of benzene rings is 4. The standard InChI is InChI=1S/C43H50N6O3/c1-5-41(50)48-28(3)23-37(35-11-7-9-13-39(35)48)44-32-17-15-30(16-18-32)25-47-26-31(27-47)43(52)46-34-21-19-33(20-22-34)45-38-24-29(4)49(42(51)6-2)40-14-10-8-12-36(38)40/h7-22,28-29,31,37-38,44-45H,5-6,23-27H2,1-4H3,(H,46,52)/t28-,29-,37+,38+/m0/s1. The summed E-state index contributed by atoms with van der Waals surface area (Å²) in [6.45, 7) is 10.3. The van der Waals surface area contributed by atoms with E-state index >= 15 is 0 Å². The summed E-state index contributed by atoms with van der Waals surface area (Å²) < 4.78 is 0. The minimum atomic E-state index is -0.0414. The predicted octanol–water partition coefficient (Wildman–Crippen LogP) is 8.13. The maximum Gasteiger partial charge on any atom is 0.230 e. The summed E-state index contributed by atoms with van der Waals surface area (Å²) >= 11 is 0. The number of anilines is 5. The maximum atomic E-state index is 13.1. The van der Waals surface area contributed by atoms with E-state index in [0.29, 0.717) is 12.8 Å². The number of rotatable bonds is 10. The molecule has 52 heavy (non-hydrogen) atoms.